The third-order valence-corrected chi connectivity index (χ3v) is 2.23. The molecule has 2 fully saturated rings. The number of ketones is 1. The lowest BCUT2D eigenvalue weighted by atomic mass is 9.76. The van der Waals surface area contributed by atoms with Crippen molar-refractivity contribution in [3.05, 3.63) is 0 Å². The maximum absolute atomic E-state index is 10.7. The van der Waals surface area contributed by atoms with Gasteiger partial charge in [0.15, 0.2) is 5.78 Å². The van der Waals surface area contributed by atoms with Gasteiger partial charge in [0.05, 0.1) is 0 Å². The van der Waals surface area contributed by atoms with Crippen LogP contribution in [0.25, 0.3) is 0 Å². The Labute approximate surface area is 54.2 Å². The Bertz CT molecular complexity index is 142. The molecule has 0 bridgehead atoms. The molecule has 0 spiro atoms. The molecule has 1 saturated carbocycles. The van der Waals surface area contributed by atoms with Crippen LogP contribution in [0.2, 0.25) is 0 Å². The van der Waals surface area contributed by atoms with Crippen molar-refractivity contribution in [2.45, 2.75) is 25.4 Å². The van der Waals surface area contributed by atoms with Crippen LogP contribution in [0.5, 0.6) is 0 Å². The van der Waals surface area contributed by atoms with E-state index >= 15 is 0 Å². The molecular formula is C7H10O2. The number of carbonyl (C=O) groups excluding carboxylic acids is 1. The van der Waals surface area contributed by atoms with Gasteiger partial charge in [-0.3, -0.25) is 4.79 Å². The van der Waals surface area contributed by atoms with Gasteiger partial charge in [-0.1, -0.05) is 0 Å². The molecule has 2 aliphatic rings. The molecule has 2 atom stereocenters. The standard InChI is InChI=1S/C7H10O2/c8-6-4-5-2-1-3-9-7(5)6/h5,7H,1-4H2. The van der Waals surface area contributed by atoms with Crippen molar-refractivity contribution >= 4 is 5.78 Å². The lowest BCUT2D eigenvalue weighted by Gasteiger charge is -2.38. The first-order valence-electron chi connectivity index (χ1n) is 3.52. The lowest BCUT2D eigenvalue weighted by molar-refractivity contribution is -0.155. The molecule has 9 heavy (non-hydrogen) atoms. The van der Waals surface area contributed by atoms with E-state index in [1.807, 2.05) is 0 Å². The minimum absolute atomic E-state index is 0.0127. The first kappa shape index (κ1) is 5.42. The Balaban J connectivity index is 2.01. The molecular weight excluding hydrogens is 116 g/mol. The number of hydrogen-bond donors (Lipinski definition) is 0. The van der Waals surface area contributed by atoms with Crippen LogP contribution in [-0.4, -0.2) is 18.5 Å². The summed E-state index contributed by atoms with van der Waals surface area (Å²) in [6.45, 7) is 0.799. The van der Waals surface area contributed by atoms with Gasteiger partial charge in [0.2, 0.25) is 0 Å². The van der Waals surface area contributed by atoms with Gasteiger partial charge in [-0.25, -0.2) is 0 Å². The first-order valence-corrected chi connectivity index (χ1v) is 3.52. The summed E-state index contributed by atoms with van der Waals surface area (Å²) in [4.78, 5) is 10.7. The second-order valence-corrected chi connectivity index (χ2v) is 2.86. The van der Waals surface area contributed by atoms with E-state index in [1.165, 1.54) is 6.42 Å². The van der Waals surface area contributed by atoms with E-state index in [0.29, 0.717) is 11.7 Å². The van der Waals surface area contributed by atoms with E-state index in [0.717, 1.165) is 19.4 Å². The van der Waals surface area contributed by atoms with Crippen LogP contribution in [0.1, 0.15) is 19.3 Å². The van der Waals surface area contributed by atoms with Crippen molar-refractivity contribution in [1.82, 2.24) is 0 Å². The molecule has 2 rings (SSSR count). The molecule has 2 heteroatoms. The molecule has 50 valence electrons. The van der Waals surface area contributed by atoms with E-state index in [2.05, 4.69) is 0 Å². The van der Waals surface area contributed by atoms with Crippen LogP contribution in [-0.2, 0) is 9.53 Å². The monoisotopic (exact) mass is 126 g/mol. The Morgan fingerprint density at radius 2 is 2.44 bits per heavy atom. The maximum atomic E-state index is 10.7. The van der Waals surface area contributed by atoms with Gasteiger partial charge in [0, 0.05) is 13.0 Å². The summed E-state index contributed by atoms with van der Waals surface area (Å²) >= 11 is 0. The fourth-order valence-corrected chi connectivity index (χ4v) is 1.62. The summed E-state index contributed by atoms with van der Waals surface area (Å²) in [6.07, 6.45) is 3.15. The van der Waals surface area contributed by atoms with Crippen molar-refractivity contribution < 1.29 is 9.53 Å². The number of Topliss-reactive ketones (excluding diaryl/α,β-unsaturated/α-hetero) is 1. The van der Waals surface area contributed by atoms with Crippen molar-refractivity contribution in [3.8, 4) is 0 Å². The molecule has 1 aliphatic heterocycles. The average molecular weight is 126 g/mol. The molecule has 0 aromatic carbocycles. The molecule has 0 aromatic rings. The molecule has 2 unspecified atom stereocenters. The van der Waals surface area contributed by atoms with Crippen molar-refractivity contribution in [1.29, 1.82) is 0 Å². The van der Waals surface area contributed by atoms with E-state index in [1.54, 1.807) is 0 Å². The molecule has 0 amide bonds. The maximum Gasteiger partial charge on any atom is 0.162 e. The zero-order chi connectivity index (χ0) is 6.27. The first-order chi connectivity index (χ1) is 4.38. The number of carbonyl (C=O) groups is 1. The largest absolute Gasteiger partial charge is 0.370 e. The molecule has 1 aliphatic carbocycles. The highest BCUT2D eigenvalue weighted by molar-refractivity contribution is 5.89. The summed E-state index contributed by atoms with van der Waals surface area (Å²) < 4.78 is 5.24. The molecule has 2 nitrogen and oxygen atoms in total. The number of fused-ring (bicyclic) bond motifs is 1. The SMILES string of the molecule is O=C1CC2CCCOC12. The van der Waals surface area contributed by atoms with E-state index in [4.69, 9.17) is 4.74 Å². The summed E-state index contributed by atoms with van der Waals surface area (Å²) in [6, 6.07) is 0. The van der Waals surface area contributed by atoms with Gasteiger partial charge in [-0.2, -0.15) is 0 Å². The van der Waals surface area contributed by atoms with Gasteiger partial charge in [0.25, 0.3) is 0 Å². The van der Waals surface area contributed by atoms with Gasteiger partial charge in [0.1, 0.15) is 6.10 Å². The topological polar surface area (TPSA) is 26.3 Å². The highest BCUT2D eigenvalue weighted by atomic mass is 16.5. The minimum atomic E-state index is 0.0127. The van der Waals surface area contributed by atoms with Crippen LogP contribution < -0.4 is 0 Å². The van der Waals surface area contributed by atoms with E-state index in [9.17, 15) is 4.79 Å². The summed E-state index contributed by atoms with van der Waals surface area (Å²) in [7, 11) is 0. The average Bonchev–Trinajstić information content (AvgIpc) is 1.86. The lowest BCUT2D eigenvalue weighted by Crippen LogP contribution is -2.47. The summed E-state index contributed by atoms with van der Waals surface area (Å²) in [5, 5.41) is 0. The molecule has 0 radical (unpaired) electrons. The van der Waals surface area contributed by atoms with Gasteiger partial charge in [-0.15, -0.1) is 0 Å². The van der Waals surface area contributed by atoms with Crippen LogP contribution in [0.4, 0.5) is 0 Å². The third-order valence-electron chi connectivity index (χ3n) is 2.23. The van der Waals surface area contributed by atoms with Gasteiger partial charge in [-0.05, 0) is 18.8 Å². The molecule has 0 aromatic heterocycles. The Morgan fingerprint density at radius 1 is 1.56 bits per heavy atom. The van der Waals surface area contributed by atoms with Crippen molar-refractivity contribution in [2.75, 3.05) is 6.61 Å². The van der Waals surface area contributed by atoms with Gasteiger partial charge < -0.3 is 4.74 Å². The fraction of sp³-hybridized carbons (Fsp3) is 0.857. The fourth-order valence-electron chi connectivity index (χ4n) is 1.62. The highest BCUT2D eigenvalue weighted by Gasteiger charge is 2.41. The van der Waals surface area contributed by atoms with Crippen LogP contribution in [0.15, 0.2) is 0 Å². The Morgan fingerprint density at radius 3 is 3.00 bits per heavy atom. The zero-order valence-electron chi connectivity index (χ0n) is 5.30. The van der Waals surface area contributed by atoms with Gasteiger partial charge >= 0.3 is 0 Å². The number of ether oxygens (including phenoxy) is 1. The zero-order valence-corrected chi connectivity index (χ0v) is 5.30. The van der Waals surface area contributed by atoms with E-state index < -0.39 is 0 Å². The van der Waals surface area contributed by atoms with Crippen LogP contribution >= 0.6 is 0 Å². The van der Waals surface area contributed by atoms with Crippen LogP contribution in [0, 0.1) is 5.92 Å². The van der Waals surface area contributed by atoms with Crippen molar-refractivity contribution in [2.24, 2.45) is 5.92 Å². The predicted octanol–water partition coefficient (Wildman–Crippen LogP) is 0.754. The second kappa shape index (κ2) is 1.81. The number of hydrogen-bond acceptors (Lipinski definition) is 2. The molecule has 1 heterocycles. The van der Waals surface area contributed by atoms with Crippen LogP contribution in [0.3, 0.4) is 0 Å². The Kier molecular flexibility index (Phi) is 1.09. The normalized spacial score (nSPS) is 41.6. The van der Waals surface area contributed by atoms with Crippen molar-refractivity contribution in [3.63, 3.8) is 0 Å². The third kappa shape index (κ3) is 0.697. The summed E-state index contributed by atoms with van der Waals surface area (Å²) in [5.74, 6) is 0.908. The van der Waals surface area contributed by atoms with E-state index in [-0.39, 0.29) is 6.10 Å². The molecule has 0 N–H and O–H groups in total. The summed E-state index contributed by atoms with van der Waals surface area (Å²) in [5.41, 5.74) is 0. The predicted molar refractivity (Wildman–Crippen MR) is 32.1 cm³/mol. The number of rotatable bonds is 0. The molecule has 1 saturated heterocycles. The highest BCUT2D eigenvalue weighted by Crippen LogP contribution is 2.34. The second-order valence-electron chi connectivity index (χ2n) is 2.86. The minimum Gasteiger partial charge on any atom is -0.370 e. The Hall–Kier alpha value is -0.370. The smallest absolute Gasteiger partial charge is 0.162 e. The quantitative estimate of drug-likeness (QED) is 0.479.